The molecule has 2 rings (SSSR count). The van der Waals surface area contributed by atoms with Gasteiger partial charge in [-0.25, -0.2) is 0 Å². The molecule has 0 heterocycles. The van der Waals surface area contributed by atoms with Crippen LogP contribution in [-0.2, 0) is 4.79 Å². The normalized spacial score (nSPS) is 11.9. The van der Waals surface area contributed by atoms with Crippen molar-refractivity contribution in [2.45, 2.75) is 0 Å². The van der Waals surface area contributed by atoms with E-state index in [1.807, 2.05) is 0 Å². The summed E-state index contributed by atoms with van der Waals surface area (Å²) in [6.07, 6.45) is 6.77. The van der Waals surface area contributed by atoms with Crippen LogP contribution in [0.3, 0.4) is 0 Å². The third-order valence-corrected chi connectivity index (χ3v) is 3.59. The van der Waals surface area contributed by atoms with E-state index in [1.165, 1.54) is 56.7 Å². The van der Waals surface area contributed by atoms with Crippen LogP contribution in [0, 0.1) is 0 Å². The van der Waals surface area contributed by atoms with Crippen LogP contribution in [-0.4, -0.2) is 35.3 Å². The number of ether oxygens (including phenoxy) is 2. The average Bonchev–Trinajstić information content (AvgIpc) is 2.65. The fourth-order valence-corrected chi connectivity index (χ4v) is 2.26. The molecule has 2 aromatic rings. The molecule has 0 aliphatic rings. The number of ketones is 1. The maximum atomic E-state index is 12.0. The highest BCUT2D eigenvalue weighted by molar-refractivity contribution is 6.02. The molecular weight excluding hydrogens is 348 g/mol. The molecule has 0 fully saturated rings. The van der Waals surface area contributed by atoms with E-state index in [9.17, 15) is 20.1 Å². The number of aliphatic hydroxyl groups is 1. The molecule has 0 aromatic heterocycles. The second-order valence-corrected chi connectivity index (χ2v) is 5.49. The zero-order chi connectivity index (χ0) is 19.8. The van der Waals surface area contributed by atoms with E-state index in [4.69, 9.17) is 9.47 Å². The Kier molecular flexibility index (Phi) is 6.66. The number of allylic oxidation sites excluding steroid dienone is 3. The molecule has 27 heavy (non-hydrogen) atoms. The Morgan fingerprint density at radius 2 is 1.33 bits per heavy atom. The number of aliphatic hydroxyl groups excluding tert-OH is 1. The highest BCUT2D eigenvalue weighted by Gasteiger charge is 2.03. The number of aromatic hydroxyl groups is 2. The number of carbonyl (C=O) groups excluding carboxylic acids is 1. The Balaban J connectivity index is 2.11. The highest BCUT2D eigenvalue weighted by atomic mass is 16.5. The molecule has 3 N–H and O–H groups in total. The molecule has 0 spiro atoms. The van der Waals surface area contributed by atoms with Crippen molar-refractivity contribution >= 4 is 17.9 Å². The molecule has 0 saturated heterocycles. The maximum absolute atomic E-state index is 12.0. The first kappa shape index (κ1) is 19.7. The van der Waals surface area contributed by atoms with Crippen molar-refractivity contribution in [2.24, 2.45) is 0 Å². The highest BCUT2D eigenvalue weighted by Crippen LogP contribution is 2.26. The molecule has 0 radical (unpaired) electrons. The van der Waals surface area contributed by atoms with Crippen LogP contribution in [0.15, 0.2) is 60.4 Å². The molecular formula is C21H20O6. The number of rotatable bonds is 7. The van der Waals surface area contributed by atoms with E-state index >= 15 is 0 Å². The van der Waals surface area contributed by atoms with Crippen LogP contribution in [0.2, 0.25) is 0 Å². The third kappa shape index (κ3) is 5.67. The molecule has 0 atom stereocenters. The van der Waals surface area contributed by atoms with Gasteiger partial charge in [0.05, 0.1) is 14.2 Å². The summed E-state index contributed by atoms with van der Waals surface area (Å²) in [6.45, 7) is 0. The molecule has 0 saturated carbocycles. The summed E-state index contributed by atoms with van der Waals surface area (Å²) in [5.41, 5.74) is 1.24. The van der Waals surface area contributed by atoms with Gasteiger partial charge < -0.3 is 24.8 Å². The molecule has 6 nitrogen and oxygen atoms in total. The van der Waals surface area contributed by atoms with Crippen molar-refractivity contribution in [3.05, 3.63) is 71.5 Å². The van der Waals surface area contributed by atoms with Crippen molar-refractivity contribution < 1.29 is 29.6 Å². The molecule has 0 aliphatic heterocycles. The van der Waals surface area contributed by atoms with E-state index in [-0.39, 0.29) is 17.3 Å². The van der Waals surface area contributed by atoms with Crippen LogP contribution in [0.25, 0.3) is 12.2 Å². The van der Waals surface area contributed by atoms with E-state index < -0.39 is 5.78 Å². The Hall–Kier alpha value is -3.67. The number of hydrogen-bond acceptors (Lipinski definition) is 6. The van der Waals surface area contributed by atoms with Crippen molar-refractivity contribution in [1.82, 2.24) is 0 Å². The molecule has 0 amide bonds. The average molecular weight is 368 g/mol. The maximum Gasteiger partial charge on any atom is 0.182 e. The lowest BCUT2D eigenvalue weighted by Gasteiger charge is -2.05. The smallest absolute Gasteiger partial charge is 0.182 e. The first-order chi connectivity index (χ1) is 12.9. The second kappa shape index (κ2) is 9.15. The van der Waals surface area contributed by atoms with Crippen molar-refractivity contribution in [3.63, 3.8) is 0 Å². The molecule has 0 bridgehead atoms. The minimum Gasteiger partial charge on any atom is -0.508 e. The van der Waals surface area contributed by atoms with E-state index in [0.717, 1.165) is 6.08 Å². The Morgan fingerprint density at radius 1 is 0.852 bits per heavy atom. The van der Waals surface area contributed by atoms with Gasteiger partial charge in [0.1, 0.15) is 28.8 Å². The van der Waals surface area contributed by atoms with E-state index in [1.54, 1.807) is 18.2 Å². The van der Waals surface area contributed by atoms with Gasteiger partial charge in [-0.1, -0.05) is 0 Å². The van der Waals surface area contributed by atoms with Gasteiger partial charge in [0.25, 0.3) is 0 Å². The minimum absolute atomic E-state index is 0.0580. The molecule has 6 heteroatoms. The standard InChI is InChI=1S/C21H20O6/c1-26-20-12-18(24)9-5-14(20)3-7-16(22)11-17(23)8-4-15-6-10-19(25)13-21(15)27-2/h3-13,22,24-25H,1-2H3. The largest absolute Gasteiger partial charge is 0.508 e. The lowest BCUT2D eigenvalue weighted by atomic mass is 10.1. The molecule has 140 valence electrons. The predicted octanol–water partition coefficient (Wildman–Crippen LogP) is 3.85. The number of carbonyl (C=O) groups is 1. The second-order valence-electron chi connectivity index (χ2n) is 5.49. The Morgan fingerprint density at radius 3 is 1.81 bits per heavy atom. The van der Waals surface area contributed by atoms with Gasteiger partial charge in [-0.05, 0) is 48.6 Å². The van der Waals surface area contributed by atoms with Gasteiger partial charge in [-0.3, -0.25) is 4.79 Å². The van der Waals surface area contributed by atoms with Crippen molar-refractivity contribution in [3.8, 4) is 23.0 Å². The number of methoxy groups -OCH3 is 2. The summed E-state index contributed by atoms with van der Waals surface area (Å²) in [5, 5.41) is 28.8. The van der Waals surface area contributed by atoms with Gasteiger partial charge in [0, 0.05) is 29.3 Å². The summed E-state index contributed by atoms with van der Waals surface area (Å²) in [7, 11) is 2.93. The van der Waals surface area contributed by atoms with Crippen LogP contribution >= 0.6 is 0 Å². The summed E-state index contributed by atoms with van der Waals surface area (Å²) >= 11 is 0. The van der Waals surface area contributed by atoms with Gasteiger partial charge >= 0.3 is 0 Å². The van der Waals surface area contributed by atoms with Crippen LogP contribution < -0.4 is 9.47 Å². The SMILES string of the molecule is COc1cc(O)ccc1C=CC(=O)C=C(O)C=Cc1ccc(O)cc1OC. The van der Waals surface area contributed by atoms with Crippen molar-refractivity contribution in [2.75, 3.05) is 14.2 Å². The zero-order valence-electron chi connectivity index (χ0n) is 14.9. The van der Waals surface area contributed by atoms with Gasteiger partial charge in [0.2, 0.25) is 0 Å². The first-order valence-electron chi connectivity index (χ1n) is 7.97. The minimum atomic E-state index is -0.426. The topological polar surface area (TPSA) is 96.2 Å². The summed E-state index contributed by atoms with van der Waals surface area (Å²) in [6, 6.07) is 9.08. The fourth-order valence-electron chi connectivity index (χ4n) is 2.26. The number of phenolic OH excluding ortho intramolecular Hbond substituents is 2. The van der Waals surface area contributed by atoms with Crippen LogP contribution in [0.1, 0.15) is 11.1 Å². The zero-order valence-corrected chi connectivity index (χ0v) is 14.9. The lowest BCUT2D eigenvalue weighted by molar-refractivity contribution is -0.110. The predicted molar refractivity (Wildman–Crippen MR) is 103 cm³/mol. The van der Waals surface area contributed by atoms with Crippen molar-refractivity contribution in [1.29, 1.82) is 0 Å². The molecule has 2 aromatic carbocycles. The quantitative estimate of drug-likeness (QED) is 0.390. The lowest BCUT2D eigenvalue weighted by Crippen LogP contribution is -1.90. The van der Waals surface area contributed by atoms with Crippen LogP contribution in [0.4, 0.5) is 0 Å². The molecule has 0 aliphatic carbocycles. The first-order valence-corrected chi connectivity index (χ1v) is 7.97. The van der Waals surface area contributed by atoms with Gasteiger partial charge in [-0.15, -0.1) is 0 Å². The third-order valence-electron chi connectivity index (χ3n) is 3.59. The van der Waals surface area contributed by atoms with E-state index in [2.05, 4.69) is 0 Å². The Labute approximate surface area is 156 Å². The summed E-state index contributed by atoms with van der Waals surface area (Å²) < 4.78 is 10.3. The molecule has 0 unspecified atom stereocenters. The monoisotopic (exact) mass is 368 g/mol. The van der Waals surface area contributed by atoms with Gasteiger partial charge in [-0.2, -0.15) is 0 Å². The fraction of sp³-hybridized carbons (Fsp3) is 0.0952. The van der Waals surface area contributed by atoms with E-state index in [0.29, 0.717) is 22.6 Å². The van der Waals surface area contributed by atoms with Crippen LogP contribution in [0.5, 0.6) is 23.0 Å². The number of phenols is 2. The number of hydrogen-bond donors (Lipinski definition) is 3. The summed E-state index contributed by atoms with van der Waals surface area (Å²) in [4.78, 5) is 12.0. The Bertz CT molecular complexity index is 909. The number of benzene rings is 2. The summed E-state index contributed by atoms with van der Waals surface area (Å²) in [5.74, 6) is 0.315. The van der Waals surface area contributed by atoms with Gasteiger partial charge in [0.15, 0.2) is 5.78 Å².